The lowest BCUT2D eigenvalue weighted by atomic mass is 10.1. The quantitative estimate of drug-likeness (QED) is 0.725. The van der Waals surface area contributed by atoms with Crippen LogP contribution in [0.4, 0.5) is 5.13 Å². The molecule has 1 heterocycles. The van der Waals surface area contributed by atoms with E-state index in [1.807, 2.05) is 43.5 Å². The Morgan fingerprint density at radius 2 is 1.76 bits per heavy atom. The van der Waals surface area contributed by atoms with Gasteiger partial charge in [-0.3, -0.25) is 4.72 Å². The highest BCUT2D eigenvalue weighted by atomic mass is 32.2. The third kappa shape index (κ3) is 3.83. The van der Waals surface area contributed by atoms with E-state index in [2.05, 4.69) is 9.71 Å². The summed E-state index contributed by atoms with van der Waals surface area (Å²) in [5.41, 5.74) is 3.59. The number of ether oxygens (including phenoxy) is 1. The van der Waals surface area contributed by atoms with Crippen molar-refractivity contribution in [2.45, 2.75) is 18.7 Å². The molecule has 0 bridgehead atoms. The zero-order chi connectivity index (χ0) is 18.0. The van der Waals surface area contributed by atoms with Crippen LogP contribution in [-0.2, 0) is 10.0 Å². The van der Waals surface area contributed by atoms with E-state index in [9.17, 15) is 8.42 Å². The molecule has 0 amide bonds. The summed E-state index contributed by atoms with van der Waals surface area (Å²) < 4.78 is 32.7. The highest BCUT2D eigenvalue weighted by molar-refractivity contribution is 7.93. The molecule has 0 aliphatic carbocycles. The fourth-order valence-corrected chi connectivity index (χ4v) is 4.33. The van der Waals surface area contributed by atoms with E-state index in [-0.39, 0.29) is 4.90 Å². The molecule has 1 aromatic heterocycles. The van der Waals surface area contributed by atoms with E-state index >= 15 is 0 Å². The van der Waals surface area contributed by atoms with Crippen molar-refractivity contribution >= 4 is 26.5 Å². The lowest BCUT2D eigenvalue weighted by Gasteiger charge is -2.07. The van der Waals surface area contributed by atoms with Gasteiger partial charge in [0.25, 0.3) is 10.0 Å². The fourth-order valence-electron chi connectivity index (χ4n) is 2.27. The number of sulfonamides is 1. The van der Waals surface area contributed by atoms with Crippen LogP contribution < -0.4 is 9.46 Å². The Labute approximate surface area is 151 Å². The van der Waals surface area contributed by atoms with Crippen LogP contribution in [-0.4, -0.2) is 20.5 Å². The van der Waals surface area contributed by atoms with E-state index in [0.29, 0.717) is 10.8 Å². The number of thiazole rings is 1. The van der Waals surface area contributed by atoms with Gasteiger partial charge in [-0.1, -0.05) is 6.07 Å². The number of nitrogens with one attached hydrogen (secondary N) is 1. The first-order valence-electron chi connectivity index (χ1n) is 7.59. The molecule has 0 unspecified atom stereocenters. The summed E-state index contributed by atoms with van der Waals surface area (Å²) in [6.45, 7) is 3.83. The van der Waals surface area contributed by atoms with Gasteiger partial charge in [-0.2, -0.15) is 0 Å². The monoisotopic (exact) mass is 374 g/mol. The van der Waals surface area contributed by atoms with E-state index in [1.54, 1.807) is 25.3 Å². The molecular weight excluding hydrogens is 356 g/mol. The normalized spacial score (nSPS) is 11.3. The van der Waals surface area contributed by atoms with Crippen molar-refractivity contribution in [1.29, 1.82) is 0 Å². The molecule has 0 saturated carbocycles. The van der Waals surface area contributed by atoms with Crippen LogP contribution in [0.5, 0.6) is 5.75 Å². The van der Waals surface area contributed by atoms with E-state index < -0.39 is 10.0 Å². The molecule has 0 aliphatic heterocycles. The molecule has 2 aromatic carbocycles. The first-order chi connectivity index (χ1) is 11.9. The molecule has 0 fully saturated rings. The molecule has 7 heteroatoms. The Hall–Kier alpha value is -2.38. The highest BCUT2D eigenvalue weighted by Crippen LogP contribution is 2.28. The molecule has 1 N–H and O–H groups in total. The molecule has 5 nitrogen and oxygen atoms in total. The first-order valence-corrected chi connectivity index (χ1v) is 9.95. The Balaban J connectivity index is 1.83. The van der Waals surface area contributed by atoms with Gasteiger partial charge >= 0.3 is 0 Å². The average Bonchev–Trinajstić information content (AvgIpc) is 3.05. The second-order valence-corrected chi connectivity index (χ2v) is 8.16. The van der Waals surface area contributed by atoms with Gasteiger partial charge in [0.05, 0.1) is 17.7 Å². The summed E-state index contributed by atoms with van der Waals surface area (Å²) in [6, 6.07) is 12.5. The first kappa shape index (κ1) is 17.4. The van der Waals surface area contributed by atoms with Crippen LogP contribution in [0.25, 0.3) is 11.3 Å². The summed E-state index contributed by atoms with van der Waals surface area (Å²) in [5, 5.41) is 2.16. The molecular formula is C18H18N2O3S2. The minimum Gasteiger partial charge on any atom is -0.497 e. The number of hydrogen-bond donors (Lipinski definition) is 1. The molecule has 0 aliphatic rings. The lowest BCUT2D eigenvalue weighted by Crippen LogP contribution is -2.13. The van der Waals surface area contributed by atoms with Gasteiger partial charge in [0.15, 0.2) is 5.13 Å². The van der Waals surface area contributed by atoms with Gasteiger partial charge in [0.2, 0.25) is 0 Å². The molecule has 3 aromatic rings. The Bertz CT molecular complexity index is 993. The highest BCUT2D eigenvalue weighted by Gasteiger charge is 2.17. The molecule has 25 heavy (non-hydrogen) atoms. The third-order valence-corrected chi connectivity index (χ3v) is 6.12. The number of aromatic nitrogens is 1. The van der Waals surface area contributed by atoms with Crippen LogP contribution in [0.3, 0.4) is 0 Å². The maximum absolute atomic E-state index is 12.5. The molecule has 0 atom stereocenters. The second-order valence-electron chi connectivity index (χ2n) is 5.62. The zero-order valence-corrected chi connectivity index (χ0v) is 15.7. The van der Waals surface area contributed by atoms with Gasteiger partial charge in [-0.25, -0.2) is 13.4 Å². The molecule has 0 spiro atoms. The Morgan fingerprint density at radius 1 is 1.04 bits per heavy atom. The maximum atomic E-state index is 12.5. The number of rotatable bonds is 5. The molecule has 0 saturated heterocycles. The number of methoxy groups -OCH3 is 1. The predicted molar refractivity (Wildman–Crippen MR) is 101 cm³/mol. The zero-order valence-electron chi connectivity index (χ0n) is 14.1. The molecule has 0 radical (unpaired) electrons. The minimum absolute atomic E-state index is 0.233. The van der Waals surface area contributed by atoms with Crippen molar-refractivity contribution in [2.75, 3.05) is 11.8 Å². The largest absolute Gasteiger partial charge is 0.497 e. The van der Waals surface area contributed by atoms with Crippen molar-refractivity contribution in [1.82, 2.24) is 4.98 Å². The lowest BCUT2D eigenvalue weighted by molar-refractivity contribution is 0.415. The SMILES string of the molecule is COc1ccc(-c2csc(NS(=O)(=O)c3ccc(C)c(C)c3)n2)cc1. The fraction of sp³-hybridized carbons (Fsp3) is 0.167. The van der Waals surface area contributed by atoms with Crippen LogP contribution in [0, 0.1) is 13.8 Å². The van der Waals surface area contributed by atoms with E-state index in [1.165, 1.54) is 11.3 Å². The Morgan fingerprint density at radius 3 is 2.40 bits per heavy atom. The third-order valence-electron chi connectivity index (χ3n) is 3.90. The van der Waals surface area contributed by atoms with Crippen LogP contribution in [0.2, 0.25) is 0 Å². The number of anilines is 1. The van der Waals surface area contributed by atoms with Crippen molar-refractivity contribution in [3.63, 3.8) is 0 Å². The topological polar surface area (TPSA) is 68.3 Å². The maximum Gasteiger partial charge on any atom is 0.263 e. The van der Waals surface area contributed by atoms with Crippen molar-refractivity contribution in [3.8, 4) is 17.0 Å². The summed E-state index contributed by atoms with van der Waals surface area (Å²) in [5.74, 6) is 0.759. The average molecular weight is 374 g/mol. The number of benzene rings is 2. The Kier molecular flexibility index (Phi) is 4.78. The second kappa shape index (κ2) is 6.85. The smallest absolute Gasteiger partial charge is 0.263 e. The van der Waals surface area contributed by atoms with Crippen molar-refractivity contribution in [3.05, 3.63) is 59.0 Å². The standard InChI is InChI=1S/C18H18N2O3S2/c1-12-4-9-16(10-13(12)2)25(21,22)20-18-19-17(11-24-18)14-5-7-15(23-3)8-6-14/h4-11H,1-3H3,(H,19,20). The summed E-state index contributed by atoms with van der Waals surface area (Å²) in [6.07, 6.45) is 0. The number of nitrogens with zero attached hydrogens (tertiary/aromatic N) is 1. The van der Waals surface area contributed by atoms with Crippen molar-refractivity contribution < 1.29 is 13.2 Å². The van der Waals surface area contributed by atoms with Crippen molar-refractivity contribution in [2.24, 2.45) is 0 Å². The van der Waals surface area contributed by atoms with E-state index in [0.717, 1.165) is 22.4 Å². The number of hydrogen-bond acceptors (Lipinski definition) is 5. The van der Waals surface area contributed by atoms with Gasteiger partial charge in [-0.05, 0) is 61.4 Å². The van der Waals surface area contributed by atoms with Gasteiger partial charge in [-0.15, -0.1) is 11.3 Å². The van der Waals surface area contributed by atoms with E-state index in [4.69, 9.17) is 4.74 Å². The minimum atomic E-state index is -3.65. The van der Waals surface area contributed by atoms with Gasteiger partial charge in [0.1, 0.15) is 5.75 Å². The van der Waals surface area contributed by atoms with Crippen LogP contribution in [0.1, 0.15) is 11.1 Å². The van der Waals surface area contributed by atoms with Gasteiger partial charge < -0.3 is 4.74 Å². The molecule has 3 rings (SSSR count). The molecule has 130 valence electrons. The van der Waals surface area contributed by atoms with Crippen LogP contribution in [0.15, 0.2) is 52.7 Å². The predicted octanol–water partition coefficient (Wildman–Crippen LogP) is 4.24. The van der Waals surface area contributed by atoms with Crippen LogP contribution >= 0.6 is 11.3 Å². The summed E-state index contributed by atoms with van der Waals surface area (Å²) in [7, 11) is -2.05. The summed E-state index contributed by atoms with van der Waals surface area (Å²) in [4.78, 5) is 4.61. The number of aryl methyl sites for hydroxylation is 2. The van der Waals surface area contributed by atoms with Gasteiger partial charge in [0, 0.05) is 10.9 Å². The summed E-state index contributed by atoms with van der Waals surface area (Å²) >= 11 is 1.25.